The van der Waals surface area contributed by atoms with Crippen molar-refractivity contribution in [1.82, 2.24) is 9.97 Å². The number of H-pyrrole nitrogens is 1. The van der Waals surface area contributed by atoms with E-state index in [1.54, 1.807) is 6.20 Å². The number of nitrogens with one attached hydrogen (secondary N) is 3. The minimum Gasteiger partial charge on any atom is -0.390 e. The molecule has 2 aromatic carbocycles. The lowest BCUT2D eigenvalue weighted by Gasteiger charge is -2.10. The third-order valence-corrected chi connectivity index (χ3v) is 4.80. The minimum absolute atomic E-state index is 0.0611. The summed E-state index contributed by atoms with van der Waals surface area (Å²) in [4.78, 5) is 7.44. The minimum atomic E-state index is -0.0611. The van der Waals surface area contributed by atoms with Gasteiger partial charge in [0.2, 0.25) is 0 Å². The molecule has 2 heterocycles. The zero-order valence-corrected chi connectivity index (χ0v) is 15.9. The van der Waals surface area contributed by atoms with Crippen molar-refractivity contribution in [3.05, 3.63) is 83.8 Å². The summed E-state index contributed by atoms with van der Waals surface area (Å²) in [5, 5.41) is 17.3. The van der Waals surface area contributed by atoms with E-state index in [1.165, 1.54) is 22.0 Å². The number of rotatable bonds is 7. The normalized spacial score (nSPS) is 10.9. The fourth-order valence-corrected chi connectivity index (χ4v) is 3.32. The Hall–Kier alpha value is -3.31. The van der Waals surface area contributed by atoms with Crippen molar-refractivity contribution < 1.29 is 5.11 Å². The molecule has 0 amide bonds. The first-order chi connectivity index (χ1) is 13.7. The molecule has 0 unspecified atom stereocenters. The SMILES string of the molecule is Cc1ccc2[nH]cc(CCNc3ccc(Nc4ccnc(CO)c4)cc3)c2c1. The van der Waals surface area contributed by atoms with Crippen molar-refractivity contribution in [3.8, 4) is 0 Å². The molecule has 5 heteroatoms. The molecular weight excluding hydrogens is 348 g/mol. The van der Waals surface area contributed by atoms with Gasteiger partial charge >= 0.3 is 0 Å². The number of benzene rings is 2. The molecule has 0 atom stereocenters. The summed E-state index contributed by atoms with van der Waals surface area (Å²) in [6, 6.07) is 18.4. The van der Waals surface area contributed by atoms with Crippen LogP contribution in [0.1, 0.15) is 16.8 Å². The molecule has 0 radical (unpaired) electrons. The standard InChI is InChI=1S/C23H24N4O/c1-16-2-7-23-22(12-16)17(14-26-23)8-10-24-18-3-5-19(6-4-18)27-20-9-11-25-21(13-20)15-28/h2-7,9,11-14,24,26,28H,8,10,15H2,1H3,(H,25,27). The molecule has 142 valence electrons. The number of aromatic amines is 1. The van der Waals surface area contributed by atoms with E-state index in [4.69, 9.17) is 0 Å². The summed E-state index contributed by atoms with van der Waals surface area (Å²) in [7, 11) is 0. The summed E-state index contributed by atoms with van der Waals surface area (Å²) in [6.45, 7) is 2.94. The van der Waals surface area contributed by atoms with E-state index in [-0.39, 0.29) is 6.61 Å². The largest absolute Gasteiger partial charge is 0.390 e. The Morgan fingerprint density at radius 2 is 1.79 bits per heavy atom. The highest BCUT2D eigenvalue weighted by Crippen LogP contribution is 2.21. The quantitative estimate of drug-likeness (QED) is 0.377. The third-order valence-electron chi connectivity index (χ3n) is 4.80. The molecule has 4 N–H and O–H groups in total. The van der Waals surface area contributed by atoms with Gasteiger partial charge < -0.3 is 20.7 Å². The zero-order valence-electron chi connectivity index (χ0n) is 15.9. The molecule has 0 saturated heterocycles. The molecule has 0 bridgehead atoms. The van der Waals surface area contributed by atoms with Crippen LogP contribution < -0.4 is 10.6 Å². The lowest BCUT2D eigenvalue weighted by Crippen LogP contribution is -2.04. The van der Waals surface area contributed by atoms with Crippen LogP contribution >= 0.6 is 0 Å². The monoisotopic (exact) mass is 372 g/mol. The second kappa shape index (κ2) is 8.15. The average Bonchev–Trinajstić information content (AvgIpc) is 3.11. The first-order valence-electron chi connectivity index (χ1n) is 9.44. The van der Waals surface area contributed by atoms with Gasteiger partial charge in [0.1, 0.15) is 0 Å². The third kappa shape index (κ3) is 4.15. The average molecular weight is 372 g/mol. The van der Waals surface area contributed by atoms with E-state index in [0.29, 0.717) is 5.69 Å². The Morgan fingerprint density at radius 3 is 2.61 bits per heavy atom. The highest BCUT2D eigenvalue weighted by atomic mass is 16.3. The van der Waals surface area contributed by atoms with Crippen molar-refractivity contribution in [3.63, 3.8) is 0 Å². The van der Waals surface area contributed by atoms with Crippen molar-refractivity contribution in [2.45, 2.75) is 20.0 Å². The van der Waals surface area contributed by atoms with Gasteiger partial charge in [-0.05, 0) is 67.4 Å². The highest BCUT2D eigenvalue weighted by molar-refractivity contribution is 5.83. The Balaban J connectivity index is 1.34. The first kappa shape index (κ1) is 18.1. The molecule has 5 nitrogen and oxygen atoms in total. The molecule has 4 aromatic rings. The number of aliphatic hydroxyl groups is 1. The molecule has 0 fully saturated rings. The lowest BCUT2D eigenvalue weighted by molar-refractivity contribution is 0.277. The number of hydrogen-bond acceptors (Lipinski definition) is 4. The number of fused-ring (bicyclic) bond motifs is 1. The van der Waals surface area contributed by atoms with Gasteiger partial charge in [-0.3, -0.25) is 4.98 Å². The van der Waals surface area contributed by atoms with Gasteiger partial charge in [-0.1, -0.05) is 11.6 Å². The summed E-state index contributed by atoms with van der Waals surface area (Å²) in [6.07, 6.45) is 4.76. The van der Waals surface area contributed by atoms with Crippen molar-refractivity contribution in [2.75, 3.05) is 17.2 Å². The van der Waals surface area contributed by atoms with Crippen LogP contribution in [0, 0.1) is 6.92 Å². The van der Waals surface area contributed by atoms with Crippen LogP contribution in [0.25, 0.3) is 10.9 Å². The van der Waals surface area contributed by atoms with Crippen LogP contribution in [-0.2, 0) is 13.0 Å². The molecule has 0 saturated carbocycles. The van der Waals surface area contributed by atoms with Crippen LogP contribution in [0.15, 0.2) is 67.0 Å². The number of hydrogen-bond donors (Lipinski definition) is 4. The smallest absolute Gasteiger partial charge is 0.0853 e. The topological polar surface area (TPSA) is 73.0 Å². The Kier molecular flexibility index (Phi) is 5.26. The van der Waals surface area contributed by atoms with E-state index in [0.717, 1.165) is 30.0 Å². The second-order valence-corrected chi connectivity index (χ2v) is 6.94. The van der Waals surface area contributed by atoms with Gasteiger partial charge in [-0.15, -0.1) is 0 Å². The first-order valence-corrected chi connectivity index (χ1v) is 9.44. The van der Waals surface area contributed by atoms with Gasteiger partial charge in [0.15, 0.2) is 0 Å². The molecular formula is C23H24N4O. The van der Waals surface area contributed by atoms with Crippen LogP contribution in [0.2, 0.25) is 0 Å². The molecule has 0 aliphatic carbocycles. The van der Waals surface area contributed by atoms with Crippen LogP contribution in [0.5, 0.6) is 0 Å². The van der Waals surface area contributed by atoms with E-state index in [9.17, 15) is 5.11 Å². The molecule has 0 spiro atoms. The molecule has 0 aliphatic heterocycles. The summed E-state index contributed by atoms with van der Waals surface area (Å²) in [5.41, 5.74) is 7.45. The van der Waals surface area contributed by atoms with Crippen LogP contribution in [-0.4, -0.2) is 21.6 Å². The Labute approximate surface area is 164 Å². The summed E-state index contributed by atoms with van der Waals surface area (Å²) in [5.74, 6) is 0. The molecule has 0 aliphatic rings. The highest BCUT2D eigenvalue weighted by Gasteiger charge is 2.04. The number of aryl methyl sites for hydroxylation is 1. The second-order valence-electron chi connectivity index (χ2n) is 6.94. The maximum Gasteiger partial charge on any atom is 0.0853 e. The summed E-state index contributed by atoms with van der Waals surface area (Å²) >= 11 is 0. The van der Waals surface area contributed by atoms with Crippen LogP contribution in [0.3, 0.4) is 0 Å². The van der Waals surface area contributed by atoms with E-state index < -0.39 is 0 Å². The van der Waals surface area contributed by atoms with E-state index in [1.807, 2.05) is 24.3 Å². The van der Waals surface area contributed by atoms with Gasteiger partial charge in [-0.2, -0.15) is 0 Å². The Bertz CT molecular complexity index is 1070. The lowest BCUT2D eigenvalue weighted by atomic mass is 10.1. The summed E-state index contributed by atoms with van der Waals surface area (Å²) < 4.78 is 0. The predicted octanol–water partition coefficient (Wildman–Crippen LogP) is 4.76. The van der Waals surface area contributed by atoms with Crippen molar-refractivity contribution in [2.24, 2.45) is 0 Å². The maximum atomic E-state index is 9.19. The molecule has 2 aromatic heterocycles. The number of anilines is 3. The van der Waals surface area contributed by atoms with Crippen molar-refractivity contribution >= 4 is 28.0 Å². The van der Waals surface area contributed by atoms with E-state index >= 15 is 0 Å². The number of pyridine rings is 1. The van der Waals surface area contributed by atoms with Gasteiger partial charge in [0.25, 0.3) is 0 Å². The maximum absolute atomic E-state index is 9.19. The fraction of sp³-hybridized carbons (Fsp3) is 0.174. The van der Waals surface area contributed by atoms with Crippen molar-refractivity contribution in [1.29, 1.82) is 0 Å². The Morgan fingerprint density at radius 1 is 0.964 bits per heavy atom. The molecule has 28 heavy (non-hydrogen) atoms. The fourth-order valence-electron chi connectivity index (χ4n) is 3.32. The number of nitrogens with zero attached hydrogens (tertiary/aromatic N) is 1. The number of aromatic nitrogens is 2. The van der Waals surface area contributed by atoms with Gasteiger partial charge in [0.05, 0.1) is 12.3 Å². The van der Waals surface area contributed by atoms with E-state index in [2.05, 4.69) is 64.1 Å². The van der Waals surface area contributed by atoms with Gasteiger partial charge in [0, 0.05) is 46.9 Å². The number of aliphatic hydroxyl groups excluding tert-OH is 1. The van der Waals surface area contributed by atoms with Gasteiger partial charge in [-0.25, -0.2) is 0 Å². The zero-order chi connectivity index (χ0) is 19.3. The molecule has 4 rings (SSSR count). The van der Waals surface area contributed by atoms with Crippen LogP contribution in [0.4, 0.5) is 17.1 Å². The predicted molar refractivity (Wildman–Crippen MR) is 115 cm³/mol.